The van der Waals surface area contributed by atoms with Crippen LogP contribution in [0, 0.1) is 5.92 Å². The minimum absolute atomic E-state index is 0.0911. The number of hydrazone groups is 1. The third kappa shape index (κ3) is 5.67. The van der Waals surface area contributed by atoms with E-state index < -0.39 is 5.91 Å². The second-order valence-electron chi connectivity index (χ2n) is 9.52. The number of benzene rings is 2. The molecule has 0 unspecified atom stereocenters. The summed E-state index contributed by atoms with van der Waals surface area (Å²) in [5, 5.41) is 7.18. The summed E-state index contributed by atoms with van der Waals surface area (Å²) < 4.78 is 11.5. The summed E-state index contributed by atoms with van der Waals surface area (Å²) in [5.41, 5.74) is 7.54. The Labute approximate surface area is 210 Å². The van der Waals surface area contributed by atoms with Gasteiger partial charge in [0.1, 0.15) is 18.1 Å². The fourth-order valence-electron chi connectivity index (χ4n) is 4.85. The fourth-order valence-corrected chi connectivity index (χ4v) is 4.85. The van der Waals surface area contributed by atoms with Gasteiger partial charge in [0, 0.05) is 11.6 Å². The first-order valence-electron chi connectivity index (χ1n) is 12.6. The van der Waals surface area contributed by atoms with Crippen LogP contribution in [0.1, 0.15) is 72.0 Å². The van der Waals surface area contributed by atoms with Crippen molar-refractivity contribution in [3.63, 3.8) is 0 Å². The van der Waals surface area contributed by atoms with E-state index in [0.29, 0.717) is 11.5 Å². The van der Waals surface area contributed by atoms with Crippen molar-refractivity contribution in [2.75, 3.05) is 5.32 Å². The number of amides is 2. The van der Waals surface area contributed by atoms with Crippen LogP contribution in [0.15, 0.2) is 64.1 Å². The fraction of sp³-hybridized carbons (Fsp3) is 0.345. The molecule has 2 aromatic carbocycles. The molecule has 186 valence electrons. The van der Waals surface area contributed by atoms with Gasteiger partial charge >= 0.3 is 5.91 Å². The number of nitrogens with one attached hydrogen (secondary N) is 2. The summed E-state index contributed by atoms with van der Waals surface area (Å²) in [6, 6.07) is 17.0. The van der Waals surface area contributed by atoms with Crippen LogP contribution in [0.25, 0.3) is 0 Å². The lowest BCUT2D eigenvalue weighted by atomic mass is 10.1. The number of aryl methyl sites for hydroxylation is 2. The molecule has 2 aliphatic carbocycles. The number of hydrogen-bond donors (Lipinski definition) is 2. The highest BCUT2D eigenvalue weighted by molar-refractivity contribution is 6.01. The van der Waals surface area contributed by atoms with E-state index in [2.05, 4.69) is 28.0 Å². The standard InChI is InChI=1S/C29H31N3O4/c1-19(20-9-12-24(13-10-20)30-28(33)22-5-2-3-6-22)31-32-29(34)27-16-15-26(36-27)18-35-25-14-11-21-7-4-8-23(21)17-25/h9-17,22H,2-8,18H2,1H3,(H,30,33)(H,32,34)/b31-19-. The van der Waals surface area contributed by atoms with Gasteiger partial charge in [0.25, 0.3) is 0 Å². The lowest BCUT2D eigenvalue weighted by Crippen LogP contribution is -2.20. The molecule has 0 saturated heterocycles. The second-order valence-corrected chi connectivity index (χ2v) is 9.52. The molecule has 0 spiro atoms. The number of fused-ring (bicyclic) bond motifs is 1. The van der Waals surface area contributed by atoms with E-state index in [1.54, 1.807) is 12.1 Å². The first-order chi connectivity index (χ1) is 17.5. The molecule has 36 heavy (non-hydrogen) atoms. The molecule has 3 aromatic rings. The Morgan fingerprint density at radius 2 is 1.75 bits per heavy atom. The minimum atomic E-state index is -0.432. The molecule has 2 N–H and O–H groups in total. The average Bonchev–Trinajstić information content (AvgIpc) is 3.67. The van der Waals surface area contributed by atoms with Crippen LogP contribution >= 0.6 is 0 Å². The van der Waals surface area contributed by atoms with Gasteiger partial charge in [-0.15, -0.1) is 0 Å². The van der Waals surface area contributed by atoms with E-state index in [4.69, 9.17) is 9.15 Å². The molecule has 7 heteroatoms. The van der Waals surface area contributed by atoms with E-state index in [1.165, 1.54) is 17.5 Å². The van der Waals surface area contributed by atoms with Crippen molar-refractivity contribution in [1.29, 1.82) is 0 Å². The average molecular weight is 486 g/mol. The molecule has 0 radical (unpaired) electrons. The number of carbonyl (C=O) groups is 2. The smallest absolute Gasteiger partial charge is 0.307 e. The minimum Gasteiger partial charge on any atom is -0.486 e. The lowest BCUT2D eigenvalue weighted by Gasteiger charge is -2.10. The van der Waals surface area contributed by atoms with Gasteiger partial charge in [-0.3, -0.25) is 9.59 Å². The summed E-state index contributed by atoms with van der Waals surface area (Å²) >= 11 is 0. The number of rotatable bonds is 8. The Balaban J connectivity index is 1.12. The Morgan fingerprint density at radius 3 is 2.56 bits per heavy atom. The van der Waals surface area contributed by atoms with Gasteiger partial charge in [-0.25, -0.2) is 5.43 Å². The van der Waals surface area contributed by atoms with Gasteiger partial charge in [-0.1, -0.05) is 31.0 Å². The van der Waals surface area contributed by atoms with Crippen molar-refractivity contribution in [2.24, 2.45) is 11.0 Å². The highest BCUT2D eigenvalue weighted by atomic mass is 16.5. The van der Waals surface area contributed by atoms with Crippen molar-refractivity contribution in [3.05, 3.63) is 82.8 Å². The quantitative estimate of drug-likeness (QED) is 0.319. The van der Waals surface area contributed by atoms with Crippen LogP contribution in [0.5, 0.6) is 5.75 Å². The SMILES string of the molecule is C/C(=N/NC(=O)c1ccc(COc2ccc3c(c2)CCC3)o1)c1ccc(NC(=O)C2CCCC2)cc1. The van der Waals surface area contributed by atoms with Crippen LogP contribution in [0.4, 0.5) is 5.69 Å². The maximum atomic E-state index is 12.5. The van der Waals surface area contributed by atoms with Gasteiger partial charge in [0.2, 0.25) is 5.91 Å². The van der Waals surface area contributed by atoms with Gasteiger partial charge in [-0.05, 0) is 92.1 Å². The molecule has 7 nitrogen and oxygen atoms in total. The van der Waals surface area contributed by atoms with Gasteiger partial charge < -0.3 is 14.5 Å². The van der Waals surface area contributed by atoms with Gasteiger partial charge in [-0.2, -0.15) is 5.10 Å². The van der Waals surface area contributed by atoms with Crippen LogP contribution in [0.3, 0.4) is 0 Å². The Morgan fingerprint density at radius 1 is 0.972 bits per heavy atom. The van der Waals surface area contributed by atoms with Gasteiger partial charge in [0.05, 0.1) is 5.71 Å². The number of carbonyl (C=O) groups excluding carboxylic acids is 2. The number of ether oxygens (including phenoxy) is 1. The van der Waals surface area contributed by atoms with E-state index in [1.807, 2.05) is 37.3 Å². The molecule has 1 heterocycles. The number of hydrogen-bond acceptors (Lipinski definition) is 5. The molecular weight excluding hydrogens is 454 g/mol. The zero-order valence-corrected chi connectivity index (χ0v) is 20.5. The molecule has 0 aliphatic heterocycles. The summed E-state index contributed by atoms with van der Waals surface area (Å²) in [4.78, 5) is 24.8. The van der Waals surface area contributed by atoms with Crippen LogP contribution in [-0.4, -0.2) is 17.5 Å². The maximum absolute atomic E-state index is 12.5. The van der Waals surface area contributed by atoms with Gasteiger partial charge in [0.15, 0.2) is 5.76 Å². The third-order valence-electron chi connectivity index (χ3n) is 6.96. The second kappa shape index (κ2) is 10.8. The molecule has 1 aromatic heterocycles. The summed E-state index contributed by atoms with van der Waals surface area (Å²) in [5.74, 6) is 1.32. The van der Waals surface area contributed by atoms with Crippen LogP contribution < -0.4 is 15.5 Å². The van der Waals surface area contributed by atoms with Crippen molar-refractivity contribution in [2.45, 2.75) is 58.5 Å². The Bertz CT molecular complexity index is 1270. The van der Waals surface area contributed by atoms with Crippen molar-refractivity contribution >= 4 is 23.2 Å². The van der Waals surface area contributed by atoms with E-state index >= 15 is 0 Å². The van der Waals surface area contributed by atoms with Crippen LogP contribution in [-0.2, 0) is 24.2 Å². The van der Waals surface area contributed by atoms with E-state index in [-0.39, 0.29) is 24.2 Å². The third-order valence-corrected chi connectivity index (χ3v) is 6.96. The number of furan rings is 1. The first kappa shape index (κ1) is 23.9. The zero-order chi connectivity index (χ0) is 24.9. The lowest BCUT2D eigenvalue weighted by molar-refractivity contribution is -0.119. The molecule has 2 aliphatic rings. The normalized spacial score (nSPS) is 15.5. The zero-order valence-electron chi connectivity index (χ0n) is 20.5. The van der Waals surface area contributed by atoms with Crippen molar-refractivity contribution in [1.82, 2.24) is 5.43 Å². The molecule has 5 rings (SSSR count). The highest BCUT2D eigenvalue weighted by Crippen LogP contribution is 2.27. The molecule has 1 fully saturated rings. The first-order valence-corrected chi connectivity index (χ1v) is 12.6. The van der Waals surface area contributed by atoms with Crippen molar-refractivity contribution < 1.29 is 18.7 Å². The molecular formula is C29H31N3O4. The number of nitrogens with zero attached hydrogens (tertiary/aromatic N) is 1. The molecule has 0 bridgehead atoms. The summed E-state index contributed by atoms with van der Waals surface area (Å²) in [7, 11) is 0. The van der Waals surface area contributed by atoms with Crippen LogP contribution in [0.2, 0.25) is 0 Å². The topological polar surface area (TPSA) is 92.9 Å². The van der Waals surface area contributed by atoms with E-state index in [9.17, 15) is 9.59 Å². The predicted octanol–water partition coefficient (Wildman–Crippen LogP) is 5.63. The van der Waals surface area contributed by atoms with Crippen molar-refractivity contribution in [3.8, 4) is 5.75 Å². The number of anilines is 1. The molecule has 1 saturated carbocycles. The Hall–Kier alpha value is -3.87. The molecule has 2 amide bonds. The summed E-state index contributed by atoms with van der Waals surface area (Å²) in [6.07, 6.45) is 7.61. The Kier molecular flexibility index (Phi) is 7.16. The predicted molar refractivity (Wildman–Crippen MR) is 138 cm³/mol. The molecule has 0 atom stereocenters. The highest BCUT2D eigenvalue weighted by Gasteiger charge is 2.22. The largest absolute Gasteiger partial charge is 0.486 e. The maximum Gasteiger partial charge on any atom is 0.307 e. The monoisotopic (exact) mass is 485 g/mol. The van der Waals surface area contributed by atoms with E-state index in [0.717, 1.165) is 55.5 Å². The summed E-state index contributed by atoms with van der Waals surface area (Å²) in [6.45, 7) is 2.06.